The van der Waals surface area contributed by atoms with Crippen molar-refractivity contribution in [3.8, 4) is 0 Å². The summed E-state index contributed by atoms with van der Waals surface area (Å²) in [5, 5.41) is 6.88. The Bertz CT molecular complexity index is 462. The average molecular weight is 339 g/mol. The first kappa shape index (κ1) is 19.6. The third kappa shape index (κ3) is 4.07. The molecule has 1 amide bonds. The third-order valence-electron chi connectivity index (χ3n) is 6.32. The van der Waals surface area contributed by atoms with Gasteiger partial charge in [0.05, 0.1) is 0 Å². The lowest BCUT2D eigenvalue weighted by Gasteiger charge is -2.44. The standard InChI is InChI=1S/C20H38N2O2/c1-13(2)15(22-17(23)24-18(3,4)5)12-21-16-19(6,7)14-9-10-20(16,8)11-14/h13-16,21H,9-12H2,1-8H3,(H,22,23)/t14-,15?,16?,20+/m0/s1. The molecule has 4 nitrogen and oxygen atoms in total. The van der Waals surface area contributed by atoms with Gasteiger partial charge in [0.15, 0.2) is 0 Å². The maximum atomic E-state index is 12.1. The van der Waals surface area contributed by atoms with Crippen molar-refractivity contribution in [2.45, 2.75) is 92.3 Å². The van der Waals surface area contributed by atoms with Crippen molar-refractivity contribution in [2.24, 2.45) is 22.7 Å². The highest BCUT2D eigenvalue weighted by Crippen LogP contribution is 2.62. The van der Waals surface area contributed by atoms with Crippen molar-refractivity contribution in [1.29, 1.82) is 0 Å². The van der Waals surface area contributed by atoms with Crippen molar-refractivity contribution in [3.63, 3.8) is 0 Å². The lowest BCUT2D eigenvalue weighted by molar-refractivity contribution is 0.0479. The fraction of sp³-hybridized carbons (Fsp3) is 0.950. The van der Waals surface area contributed by atoms with Gasteiger partial charge in [0.25, 0.3) is 0 Å². The molecule has 0 spiro atoms. The molecule has 2 bridgehead atoms. The van der Waals surface area contributed by atoms with E-state index in [1.165, 1.54) is 19.3 Å². The third-order valence-corrected chi connectivity index (χ3v) is 6.32. The highest BCUT2D eigenvalue weighted by Gasteiger charge is 2.59. The number of alkyl carbamates (subject to hydrolysis) is 1. The van der Waals surface area contributed by atoms with E-state index in [1.54, 1.807) is 0 Å². The van der Waals surface area contributed by atoms with Gasteiger partial charge in [0.1, 0.15) is 5.60 Å². The SMILES string of the molecule is CC(C)C(CNC1C(C)(C)[C@H]2CC[C@]1(C)C2)NC(=O)OC(C)(C)C. The first-order valence-electron chi connectivity index (χ1n) is 9.58. The number of hydrogen-bond donors (Lipinski definition) is 2. The number of nitrogens with one attached hydrogen (secondary N) is 2. The Morgan fingerprint density at radius 2 is 1.88 bits per heavy atom. The molecular weight excluding hydrogens is 300 g/mol. The Labute approximate surface area is 148 Å². The van der Waals surface area contributed by atoms with E-state index in [0.29, 0.717) is 22.8 Å². The minimum atomic E-state index is -0.459. The molecule has 2 aliphatic rings. The van der Waals surface area contributed by atoms with E-state index >= 15 is 0 Å². The van der Waals surface area contributed by atoms with Crippen LogP contribution in [-0.2, 0) is 4.74 Å². The van der Waals surface area contributed by atoms with Crippen molar-refractivity contribution < 1.29 is 9.53 Å². The molecule has 4 atom stereocenters. The van der Waals surface area contributed by atoms with E-state index in [1.807, 2.05) is 20.8 Å². The zero-order valence-electron chi connectivity index (χ0n) is 17.0. The fourth-order valence-electron chi connectivity index (χ4n) is 4.97. The Balaban J connectivity index is 1.96. The molecule has 2 fully saturated rings. The van der Waals surface area contributed by atoms with Crippen LogP contribution < -0.4 is 10.6 Å². The largest absolute Gasteiger partial charge is 0.444 e. The smallest absolute Gasteiger partial charge is 0.407 e. The Hall–Kier alpha value is -0.770. The molecule has 2 N–H and O–H groups in total. The summed E-state index contributed by atoms with van der Waals surface area (Å²) in [6.07, 6.45) is 3.71. The Morgan fingerprint density at radius 1 is 1.25 bits per heavy atom. The van der Waals surface area contributed by atoms with Gasteiger partial charge in [0.2, 0.25) is 0 Å². The normalized spacial score (nSPS) is 32.9. The monoisotopic (exact) mass is 338 g/mol. The van der Waals surface area contributed by atoms with Gasteiger partial charge in [-0.25, -0.2) is 4.79 Å². The molecule has 0 aliphatic heterocycles. The maximum Gasteiger partial charge on any atom is 0.407 e. The molecule has 24 heavy (non-hydrogen) atoms. The van der Waals surface area contributed by atoms with Crippen LogP contribution in [0.3, 0.4) is 0 Å². The molecule has 2 rings (SSSR count). The highest BCUT2D eigenvalue weighted by atomic mass is 16.6. The molecule has 0 aromatic carbocycles. The number of ether oxygens (including phenoxy) is 1. The number of amides is 1. The van der Waals surface area contributed by atoms with Gasteiger partial charge >= 0.3 is 6.09 Å². The van der Waals surface area contributed by atoms with E-state index in [4.69, 9.17) is 4.74 Å². The molecule has 0 radical (unpaired) electrons. The predicted octanol–water partition coefficient (Wildman–Crippen LogP) is 4.34. The van der Waals surface area contributed by atoms with Gasteiger partial charge < -0.3 is 15.4 Å². The second-order valence-corrected chi connectivity index (χ2v) is 10.3. The summed E-state index contributed by atoms with van der Waals surface area (Å²) in [6.45, 7) is 18.0. The van der Waals surface area contributed by atoms with Gasteiger partial charge in [-0.1, -0.05) is 34.6 Å². The van der Waals surface area contributed by atoms with Crippen LogP contribution in [0.2, 0.25) is 0 Å². The van der Waals surface area contributed by atoms with Gasteiger partial charge in [-0.15, -0.1) is 0 Å². The van der Waals surface area contributed by atoms with Crippen molar-refractivity contribution in [2.75, 3.05) is 6.54 Å². The second-order valence-electron chi connectivity index (χ2n) is 10.3. The van der Waals surface area contributed by atoms with E-state index in [-0.39, 0.29) is 12.1 Å². The molecule has 0 aromatic heterocycles. The van der Waals surface area contributed by atoms with Gasteiger partial charge in [-0.05, 0) is 62.7 Å². The quantitative estimate of drug-likeness (QED) is 0.784. The van der Waals surface area contributed by atoms with Crippen LogP contribution in [0.1, 0.15) is 74.7 Å². The molecule has 0 heterocycles. The van der Waals surface area contributed by atoms with E-state index in [0.717, 1.165) is 12.5 Å². The van der Waals surface area contributed by atoms with E-state index in [9.17, 15) is 4.79 Å². The summed E-state index contributed by atoms with van der Waals surface area (Å²) >= 11 is 0. The lowest BCUT2D eigenvalue weighted by Crippen LogP contribution is -2.55. The summed E-state index contributed by atoms with van der Waals surface area (Å²) < 4.78 is 5.42. The first-order chi connectivity index (χ1) is 10.8. The van der Waals surface area contributed by atoms with Crippen molar-refractivity contribution >= 4 is 6.09 Å². The number of carbonyl (C=O) groups is 1. The minimum absolute atomic E-state index is 0.0818. The summed E-state index contributed by atoms with van der Waals surface area (Å²) in [4.78, 5) is 12.1. The molecule has 2 saturated carbocycles. The van der Waals surface area contributed by atoms with Crippen molar-refractivity contribution in [1.82, 2.24) is 10.6 Å². The topological polar surface area (TPSA) is 50.4 Å². The minimum Gasteiger partial charge on any atom is -0.444 e. The first-order valence-corrected chi connectivity index (χ1v) is 9.58. The summed E-state index contributed by atoms with van der Waals surface area (Å²) in [7, 11) is 0. The summed E-state index contributed by atoms with van der Waals surface area (Å²) in [5.41, 5.74) is 0.279. The maximum absolute atomic E-state index is 12.1. The van der Waals surface area contributed by atoms with Crippen LogP contribution in [0.25, 0.3) is 0 Å². The lowest BCUT2D eigenvalue weighted by atomic mass is 9.68. The second kappa shape index (κ2) is 6.51. The number of rotatable bonds is 5. The van der Waals surface area contributed by atoms with Gasteiger partial charge in [-0.3, -0.25) is 0 Å². The van der Waals surface area contributed by atoms with Gasteiger partial charge in [-0.2, -0.15) is 0 Å². The molecule has 4 heteroatoms. The van der Waals surface area contributed by atoms with Crippen LogP contribution in [0.5, 0.6) is 0 Å². The average Bonchev–Trinajstić information content (AvgIpc) is 2.85. The predicted molar refractivity (Wildman–Crippen MR) is 99.0 cm³/mol. The van der Waals surface area contributed by atoms with Crippen LogP contribution >= 0.6 is 0 Å². The number of fused-ring (bicyclic) bond motifs is 2. The molecule has 0 aromatic rings. The van der Waals surface area contributed by atoms with Gasteiger partial charge in [0, 0.05) is 18.6 Å². The van der Waals surface area contributed by atoms with Crippen molar-refractivity contribution in [3.05, 3.63) is 0 Å². The molecule has 140 valence electrons. The Morgan fingerprint density at radius 3 is 2.33 bits per heavy atom. The van der Waals surface area contributed by atoms with Crippen LogP contribution in [0.15, 0.2) is 0 Å². The number of carbonyl (C=O) groups excluding carboxylic acids is 1. The summed E-state index contributed by atoms with van der Waals surface area (Å²) in [6, 6.07) is 0.601. The van der Waals surface area contributed by atoms with Crippen LogP contribution in [0.4, 0.5) is 4.79 Å². The number of hydrogen-bond acceptors (Lipinski definition) is 3. The van der Waals surface area contributed by atoms with E-state index < -0.39 is 5.60 Å². The Kier molecular flexibility index (Phi) is 5.30. The molecule has 2 unspecified atom stereocenters. The zero-order valence-corrected chi connectivity index (χ0v) is 17.0. The zero-order chi connectivity index (χ0) is 18.3. The molecular formula is C20H38N2O2. The molecule has 2 aliphatic carbocycles. The van der Waals surface area contributed by atoms with Crippen LogP contribution in [0, 0.1) is 22.7 Å². The van der Waals surface area contributed by atoms with Crippen LogP contribution in [-0.4, -0.2) is 30.3 Å². The molecule has 0 saturated heterocycles. The van der Waals surface area contributed by atoms with E-state index in [2.05, 4.69) is 45.3 Å². The summed E-state index contributed by atoms with van der Waals surface area (Å²) in [5.74, 6) is 1.19. The fourth-order valence-corrected chi connectivity index (χ4v) is 4.97. The highest BCUT2D eigenvalue weighted by molar-refractivity contribution is 5.68.